The van der Waals surface area contributed by atoms with Gasteiger partial charge in [-0.25, -0.2) is 4.68 Å². The van der Waals surface area contributed by atoms with E-state index in [2.05, 4.69) is 22.1 Å². The Morgan fingerprint density at radius 3 is 2.47 bits per heavy atom. The first-order valence-electron chi connectivity index (χ1n) is 6.76. The van der Waals surface area contributed by atoms with Crippen molar-refractivity contribution in [2.24, 2.45) is 0 Å². The molecule has 0 radical (unpaired) electrons. The molecule has 2 aromatic rings. The van der Waals surface area contributed by atoms with Crippen LogP contribution in [0.25, 0.3) is 5.69 Å². The van der Waals surface area contributed by atoms with Crippen molar-refractivity contribution in [1.29, 1.82) is 0 Å². The van der Waals surface area contributed by atoms with Crippen LogP contribution in [-0.2, 0) is 5.88 Å². The summed E-state index contributed by atoms with van der Waals surface area (Å²) < 4.78 is 2.04. The summed E-state index contributed by atoms with van der Waals surface area (Å²) in [6, 6.07) is 10.3. The van der Waals surface area contributed by atoms with Crippen molar-refractivity contribution in [3.63, 3.8) is 0 Å². The lowest BCUT2D eigenvalue weighted by Crippen LogP contribution is -2.22. The number of aromatic nitrogens is 2. The van der Waals surface area contributed by atoms with Gasteiger partial charge in [0.25, 0.3) is 0 Å². The highest BCUT2D eigenvalue weighted by Crippen LogP contribution is 2.30. The first-order chi connectivity index (χ1) is 9.31. The highest BCUT2D eigenvalue weighted by Gasteiger charge is 2.23. The Morgan fingerprint density at radius 2 is 1.84 bits per heavy atom. The molecule has 0 amide bonds. The molecule has 1 fully saturated rings. The third-order valence-electron chi connectivity index (χ3n) is 3.70. The molecule has 19 heavy (non-hydrogen) atoms. The van der Waals surface area contributed by atoms with Gasteiger partial charge in [-0.3, -0.25) is 0 Å². The van der Waals surface area contributed by atoms with Crippen molar-refractivity contribution in [2.45, 2.75) is 25.6 Å². The van der Waals surface area contributed by atoms with E-state index in [4.69, 9.17) is 11.6 Å². The van der Waals surface area contributed by atoms with Crippen LogP contribution in [0.3, 0.4) is 0 Å². The zero-order chi connectivity index (χ0) is 13.2. The van der Waals surface area contributed by atoms with Crippen molar-refractivity contribution in [3.8, 4) is 5.69 Å². The second-order valence-corrected chi connectivity index (χ2v) is 5.23. The van der Waals surface area contributed by atoms with Gasteiger partial charge < -0.3 is 4.90 Å². The summed E-state index contributed by atoms with van der Waals surface area (Å²) in [4.78, 5) is 2.41. The van der Waals surface area contributed by atoms with Crippen LogP contribution in [-0.4, -0.2) is 22.9 Å². The fourth-order valence-electron chi connectivity index (χ4n) is 2.71. The van der Waals surface area contributed by atoms with Gasteiger partial charge in [-0.2, -0.15) is 5.10 Å². The number of nitrogens with zero attached hydrogens (tertiary/aromatic N) is 3. The average Bonchev–Trinajstić information content (AvgIpc) is 3.06. The minimum absolute atomic E-state index is 0.518. The van der Waals surface area contributed by atoms with Crippen LogP contribution < -0.4 is 4.90 Å². The fraction of sp³-hybridized carbons (Fsp3) is 0.400. The molecule has 0 saturated carbocycles. The average molecular weight is 276 g/mol. The molecule has 0 atom stereocenters. The van der Waals surface area contributed by atoms with Gasteiger partial charge in [-0.05, 0) is 31.9 Å². The lowest BCUT2D eigenvalue weighted by atomic mass is 10.2. The highest BCUT2D eigenvalue weighted by molar-refractivity contribution is 6.17. The van der Waals surface area contributed by atoms with Crippen molar-refractivity contribution < 1.29 is 0 Å². The Morgan fingerprint density at radius 1 is 1.16 bits per heavy atom. The van der Waals surface area contributed by atoms with E-state index < -0.39 is 0 Å². The number of para-hydroxylation sites is 1. The standard InChI is InChI=1S/C15H18ClN3/c1-12-14(11-16)15(18-9-5-6-10-18)19(17-12)13-7-3-2-4-8-13/h2-4,7-8H,5-6,9-11H2,1H3. The van der Waals surface area contributed by atoms with E-state index in [0.29, 0.717) is 5.88 Å². The van der Waals surface area contributed by atoms with Crippen LogP contribution in [0.4, 0.5) is 5.82 Å². The van der Waals surface area contributed by atoms with E-state index in [1.807, 2.05) is 29.8 Å². The zero-order valence-corrected chi connectivity index (χ0v) is 11.9. The number of hydrogen-bond donors (Lipinski definition) is 0. The van der Waals surface area contributed by atoms with Gasteiger partial charge in [0.2, 0.25) is 0 Å². The number of aryl methyl sites for hydroxylation is 1. The molecular formula is C15H18ClN3. The normalized spacial score (nSPS) is 15.2. The van der Waals surface area contributed by atoms with Crippen LogP contribution in [0.2, 0.25) is 0 Å². The molecule has 0 unspecified atom stereocenters. The Labute approximate surface area is 118 Å². The number of halogens is 1. The summed E-state index contributed by atoms with van der Waals surface area (Å²) in [7, 11) is 0. The number of alkyl halides is 1. The summed E-state index contributed by atoms with van der Waals surface area (Å²) in [5, 5.41) is 4.69. The number of hydrogen-bond acceptors (Lipinski definition) is 2. The lowest BCUT2D eigenvalue weighted by Gasteiger charge is -2.20. The van der Waals surface area contributed by atoms with Crippen molar-refractivity contribution in [1.82, 2.24) is 9.78 Å². The predicted octanol–water partition coefficient (Wildman–Crippen LogP) is 3.52. The molecule has 3 rings (SSSR count). The summed E-state index contributed by atoms with van der Waals surface area (Å²) in [5.74, 6) is 1.70. The predicted molar refractivity (Wildman–Crippen MR) is 79.3 cm³/mol. The van der Waals surface area contributed by atoms with Gasteiger partial charge in [0, 0.05) is 18.7 Å². The van der Waals surface area contributed by atoms with E-state index in [0.717, 1.165) is 30.0 Å². The molecule has 0 aliphatic carbocycles. The zero-order valence-electron chi connectivity index (χ0n) is 11.1. The third-order valence-corrected chi connectivity index (χ3v) is 3.96. The maximum Gasteiger partial charge on any atom is 0.137 e. The molecule has 4 heteroatoms. The van der Waals surface area contributed by atoms with Crippen LogP contribution in [0.1, 0.15) is 24.1 Å². The largest absolute Gasteiger partial charge is 0.356 e. The van der Waals surface area contributed by atoms with Crippen LogP contribution in [0.15, 0.2) is 30.3 Å². The smallest absolute Gasteiger partial charge is 0.137 e. The quantitative estimate of drug-likeness (QED) is 0.799. The number of rotatable bonds is 3. The molecule has 0 bridgehead atoms. The Kier molecular flexibility index (Phi) is 3.47. The van der Waals surface area contributed by atoms with E-state index in [1.165, 1.54) is 18.7 Å². The van der Waals surface area contributed by atoms with Crippen LogP contribution in [0.5, 0.6) is 0 Å². The minimum Gasteiger partial charge on any atom is -0.356 e. The van der Waals surface area contributed by atoms with E-state index in [-0.39, 0.29) is 0 Å². The SMILES string of the molecule is Cc1nn(-c2ccccc2)c(N2CCCC2)c1CCl. The molecule has 0 spiro atoms. The minimum atomic E-state index is 0.518. The van der Waals surface area contributed by atoms with Gasteiger partial charge in [0.05, 0.1) is 17.3 Å². The Hall–Kier alpha value is -1.48. The second-order valence-electron chi connectivity index (χ2n) is 4.96. The highest BCUT2D eigenvalue weighted by atomic mass is 35.5. The topological polar surface area (TPSA) is 21.1 Å². The molecule has 100 valence electrons. The Balaban J connectivity index is 2.13. The first kappa shape index (κ1) is 12.5. The molecule has 1 aliphatic rings. The van der Waals surface area contributed by atoms with Crippen LogP contribution in [0, 0.1) is 6.92 Å². The second kappa shape index (κ2) is 5.25. The first-order valence-corrected chi connectivity index (χ1v) is 7.29. The van der Waals surface area contributed by atoms with Gasteiger partial charge >= 0.3 is 0 Å². The lowest BCUT2D eigenvalue weighted by molar-refractivity contribution is 0.814. The van der Waals surface area contributed by atoms with E-state index >= 15 is 0 Å². The van der Waals surface area contributed by atoms with E-state index in [1.54, 1.807) is 0 Å². The Bertz CT molecular complexity index is 556. The van der Waals surface area contributed by atoms with E-state index in [9.17, 15) is 0 Å². The van der Waals surface area contributed by atoms with Gasteiger partial charge in [0.1, 0.15) is 5.82 Å². The van der Waals surface area contributed by atoms with Crippen molar-refractivity contribution in [2.75, 3.05) is 18.0 Å². The van der Waals surface area contributed by atoms with Gasteiger partial charge in [-0.1, -0.05) is 18.2 Å². The molecule has 0 N–H and O–H groups in total. The summed E-state index contributed by atoms with van der Waals surface area (Å²) in [6.07, 6.45) is 2.50. The summed E-state index contributed by atoms with van der Waals surface area (Å²) in [5.41, 5.74) is 3.29. The molecular weight excluding hydrogens is 258 g/mol. The van der Waals surface area contributed by atoms with Gasteiger partial charge in [-0.15, -0.1) is 11.6 Å². The van der Waals surface area contributed by atoms with Crippen molar-refractivity contribution in [3.05, 3.63) is 41.6 Å². The van der Waals surface area contributed by atoms with Gasteiger partial charge in [0.15, 0.2) is 0 Å². The maximum atomic E-state index is 6.14. The molecule has 1 aromatic carbocycles. The molecule has 1 saturated heterocycles. The molecule has 3 nitrogen and oxygen atoms in total. The molecule has 2 heterocycles. The summed E-state index contributed by atoms with van der Waals surface area (Å²) in [6.45, 7) is 4.24. The van der Waals surface area contributed by atoms with Crippen LogP contribution >= 0.6 is 11.6 Å². The monoisotopic (exact) mass is 275 g/mol. The molecule has 1 aliphatic heterocycles. The summed E-state index contributed by atoms with van der Waals surface area (Å²) >= 11 is 6.14. The fourth-order valence-corrected chi connectivity index (χ4v) is 3.02. The van der Waals surface area contributed by atoms with Crippen molar-refractivity contribution >= 4 is 17.4 Å². The number of anilines is 1. The molecule has 1 aromatic heterocycles. The number of benzene rings is 1. The third kappa shape index (κ3) is 2.23. The maximum absolute atomic E-state index is 6.14.